The average molecular weight is 477 g/mol. The Kier molecular flexibility index (Phi) is 8.53. The van der Waals surface area contributed by atoms with Gasteiger partial charge in [0.1, 0.15) is 5.82 Å². The highest BCUT2D eigenvalue weighted by Gasteiger charge is 2.26. The molecule has 2 heterocycles. The van der Waals surface area contributed by atoms with Gasteiger partial charge in [-0.05, 0) is 36.5 Å². The topological polar surface area (TPSA) is 101 Å². The minimum atomic E-state index is -0.632. The van der Waals surface area contributed by atoms with E-state index in [2.05, 4.69) is 18.8 Å². The van der Waals surface area contributed by atoms with Gasteiger partial charge in [0.15, 0.2) is 5.69 Å². The summed E-state index contributed by atoms with van der Waals surface area (Å²) in [4.78, 5) is 42.4. The third kappa shape index (κ3) is 5.61. The number of nitrogens with two attached hydrogens (primary N) is 1. The molecular weight excluding hydrogens is 444 g/mol. The fourth-order valence-corrected chi connectivity index (χ4v) is 6.43. The van der Waals surface area contributed by atoms with Crippen molar-refractivity contribution in [2.45, 2.75) is 51.2 Å². The molecule has 9 heteroatoms. The van der Waals surface area contributed by atoms with Gasteiger partial charge in [0.05, 0.1) is 4.58 Å². The van der Waals surface area contributed by atoms with Gasteiger partial charge in [0, 0.05) is 30.2 Å². The van der Waals surface area contributed by atoms with Gasteiger partial charge >= 0.3 is 5.69 Å². The van der Waals surface area contributed by atoms with Crippen LogP contribution in [0.2, 0.25) is 0 Å². The highest BCUT2D eigenvalue weighted by atomic mass is 32.2. The van der Waals surface area contributed by atoms with Crippen molar-refractivity contribution in [1.82, 2.24) is 9.55 Å². The summed E-state index contributed by atoms with van der Waals surface area (Å²) in [7, 11) is 0. The number of nitrogens with one attached hydrogen (secondary N) is 1. The van der Waals surface area contributed by atoms with E-state index in [0.29, 0.717) is 35.6 Å². The van der Waals surface area contributed by atoms with Gasteiger partial charge < -0.3 is 10.6 Å². The number of benzene rings is 1. The van der Waals surface area contributed by atoms with E-state index in [1.165, 1.54) is 15.0 Å². The van der Waals surface area contributed by atoms with E-state index < -0.39 is 11.2 Å². The monoisotopic (exact) mass is 476 g/mol. The van der Waals surface area contributed by atoms with Crippen molar-refractivity contribution >= 4 is 40.9 Å². The quantitative estimate of drug-likeness (QED) is 0.565. The first-order chi connectivity index (χ1) is 15.3. The highest BCUT2D eigenvalue weighted by molar-refractivity contribution is 8.19. The summed E-state index contributed by atoms with van der Waals surface area (Å²) in [5, 5.41) is 0. The van der Waals surface area contributed by atoms with Crippen LogP contribution in [0.15, 0.2) is 33.9 Å². The molecule has 1 aromatic heterocycles. The predicted molar refractivity (Wildman–Crippen MR) is 136 cm³/mol. The number of aromatic nitrogens is 2. The van der Waals surface area contributed by atoms with E-state index in [1.54, 1.807) is 0 Å². The summed E-state index contributed by atoms with van der Waals surface area (Å²) >= 11 is 3.82. The van der Waals surface area contributed by atoms with E-state index in [9.17, 15) is 14.4 Å². The van der Waals surface area contributed by atoms with Crippen LogP contribution < -0.4 is 21.9 Å². The maximum Gasteiger partial charge on any atom is 0.330 e. The van der Waals surface area contributed by atoms with Crippen molar-refractivity contribution in [3.8, 4) is 0 Å². The fourth-order valence-electron chi connectivity index (χ4n) is 3.57. The lowest BCUT2D eigenvalue weighted by Gasteiger charge is -2.25. The number of hydrogen-bond acceptors (Lipinski definition) is 6. The van der Waals surface area contributed by atoms with Crippen molar-refractivity contribution < 1.29 is 4.79 Å². The second-order valence-electron chi connectivity index (χ2n) is 8.33. The zero-order chi connectivity index (χ0) is 23.3. The van der Waals surface area contributed by atoms with Crippen LogP contribution in [-0.4, -0.2) is 33.5 Å². The molecule has 0 saturated carbocycles. The molecule has 0 atom stereocenters. The largest absolute Gasteiger partial charge is 0.383 e. The number of nitrogen functional groups attached to an aromatic ring is 1. The van der Waals surface area contributed by atoms with Gasteiger partial charge in [0.2, 0.25) is 0 Å². The number of amides is 1. The van der Waals surface area contributed by atoms with Gasteiger partial charge in [-0.25, -0.2) is 4.79 Å². The van der Waals surface area contributed by atoms with Gasteiger partial charge in [-0.3, -0.25) is 19.1 Å². The molecular formula is C23H32N4O3S2. The Hall–Kier alpha value is -2.13. The van der Waals surface area contributed by atoms with E-state index in [0.717, 1.165) is 24.3 Å². The Balaban J connectivity index is 1.98. The SMILES string of the molecule is CCCCn1c(N)c(N(CCC(C)C)C(=O)c2ccc(C3SCCS3)cc2)c(=O)[nH]c1=O. The molecule has 0 spiro atoms. The molecule has 3 N–H and O–H groups in total. The Labute approximate surface area is 197 Å². The number of unbranched alkanes of at least 4 members (excludes halogenated alkanes) is 1. The summed E-state index contributed by atoms with van der Waals surface area (Å²) in [6.07, 6.45) is 2.32. The van der Waals surface area contributed by atoms with Crippen molar-refractivity contribution in [3.63, 3.8) is 0 Å². The Morgan fingerprint density at radius 2 is 1.88 bits per heavy atom. The lowest BCUT2D eigenvalue weighted by atomic mass is 10.1. The third-order valence-electron chi connectivity index (χ3n) is 5.45. The highest BCUT2D eigenvalue weighted by Crippen LogP contribution is 2.45. The summed E-state index contributed by atoms with van der Waals surface area (Å²) < 4.78 is 1.75. The first kappa shape index (κ1) is 24.5. The molecule has 1 amide bonds. The zero-order valence-corrected chi connectivity index (χ0v) is 20.6. The molecule has 1 fully saturated rings. The second-order valence-corrected chi connectivity index (χ2v) is 11.1. The first-order valence-electron chi connectivity index (χ1n) is 11.1. The molecule has 1 saturated heterocycles. The van der Waals surface area contributed by atoms with Crippen LogP contribution in [0.4, 0.5) is 11.5 Å². The number of H-pyrrole nitrogens is 1. The van der Waals surface area contributed by atoms with Crippen molar-refractivity contribution in [3.05, 3.63) is 56.2 Å². The molecule has 1 aromatic carbocycles. The number of anilines is 2. The lowest BCUT2D eigenvalue weighted by molar-refractivity contribution is 0.0985. The number of hydrogen-bond donors (Lipinski definition) is 2. The maximum absolute atomic E-state index is 13.5. The molecule has 1 aliphatic heterocycles. The molecule has 32 heavy (non-hydrogen) atoms. The van der Waals surface area contributed by atoms with Crippen LogP contribution in [0.3, 0.4) is 0 Å². The van der Waals surface area contributed by atoms with E-state index in [-0.39, 0.29) is 17.4 Å². The number of carbonyl (C=O) groups excluding carboxylic acids is 1. The van der Waals surface area contributed by atoms with Crippen molar-refractivity contribution in [2.24, 2.45) is 5.92 Å². The van der Waals surface area contributed by atoms with Gasteiger partial charge in [0.25, 0.3) is 11.5 Å². The second kappa shape index (κ2) is 11.1. The van der Waals surface area contributed by atoms with Crippen LogP contribution in [0.1, 0.15) is 60.5 Å². The van der Waals surface area contributed by atoms with Gasteiger partial charge in [-0.15, -0.1) is 23.5 Å². The van der Waals surface area contributed by atoms with Crippen LogP contribution in [-0.2, 0) is 6.54 Å². The smallest absolute Gasteiger partial charge is 0.330 e. The van der Waals surface area contributed by atoms with Crippen molar-refractivity contribution in [2.75, 3.05) is 28.7 Å². The minimum Gasteiger partial charge on any atom is -0.383 e. The van der Waals surface area contributed by atoms with Gasteiger partial charge in [-0.2, -0.15) is 0 Å². The molecule has 0 radical (unpaired) electrons. The lowest BCUT2D eigenvalue weighted by Crippen LogP contribution is -2.42. The molecule has 1 aliphatic rings. The minimum absolute atomic E-state index is 0.0414. The number of nitrogens with zero attached hydrogens (tertiary/aromatic N) is 2. The first-order valence-corrected chi connectivity index (χ1v) is 13.2. The molecule has 174 valence electrons. The summed E-state index contributed by atoms with van der Waals surface area (Å²) in [6.45, 7) is 6.86. The summed E-state index contributed by atoms with van der Waals surface area (Å²) in [5.74, 6) is 2.35. The standard InChI is InChI=1S/C23H32N4O3S2/c1-4-5-11-27-19(24)18(20(28)25-23(27)30)26(12-10-15(2)3)21(29)16-6-8-17(9-7-16)22-31-13-14-32-22/h6-9,15,22H,4-5,10-14,24H2,1-3H3,(H,25,28,30). The third-order valence-corrected chi connectivity index (χ3v) is 8.55. The van der Waals surface area contributed by atoms with E-state index in [1.807, 2.05) is 54.7 Å². The Bertz CT molecular complexity index is 1040. The van der Waals surface area contributed by atoms with E-state index >= 15 is 0 Å². The maximum atomic E-state index is 13.5. The van der Waals surface area contributed by atoms with Crippen LogP contribution in [0, 0.1) is 5.92 Å². The van der Waals surface area contributed by atoms with Gasteiger partial charge in [-0.1, -0.05) is 39.3 Å². The van der Waals surface area contributed by atoms with Crippen molar-refractivity contribution in [1.29, 1.82) is 0 Å². The average Bonchev–Trinajstić information content (AvgIpc) is 3.30. The van der Waals surface area contributed by atoms with Crippen LogP contribution in [0.25, 0.3) is 0 Å². The Morgan fingerprint density at radius 1 is 1.22 bits per heavy atom. The Morgan fingerprint density at radius 3 is 2.47 bits per heavy atom. The van der Waals surface area contributed by atoms with Crippen LogP contribution in [0.5, 0.6) is 0 Å². The molecule has 3 rings (SSSR count). The predicted octanol–water partition coefficient (Wildman–Crippen LogP) is 4.09. The number of carbonyl (C=O) groups is 1. The van der Waals surface area contributed by atoms with Crippen LogP contribution >= 0.6 is 23.5 Å². The number of thioether (sulfide) groups is 2. The summed E-state index contributed by atoms with van der Waals surface area (Å²) in [5.41, 5.74) is 6.86. The zero-order valence-electron chi connectivity index (χ0n) is 18.9. The molecule has 0 unspecified atom stereocenters. The molecule has 0 bridgehead atoms. The molecule has 7 nitrogen and oxygen atoms in total. The normalized spacial score (nSPS) is 14.2. The number of rotatable bonds is 9. The fraction of sp³-hybridized carbons (Fsp3) is 0.522. The summed E-state index contributed by atoms with van der Waals surface area (Å²) in [6, 6.07) is 7.60. The molecule has 0 aliphatic carbocycles. The number of aromatic amines is 1. The van der Waals surface area contributed by atoms with E-state index in [4.69, 9.17) is 5.73 Å². The molecule has 2 aromatic rings.